The smallest absolute Gasteiger partial charge is 0.309 e. The molecule has 0 aromatic carbocycles. The van der Waals surface area contributed by atoms with E-state index in [1.165, 1.54) is 44.9 Å². The zero-order valence-corrected chi connectivity index (χ0v) is 13.4. The average molecular weight is 311 g/mol. The molecule has 1 atom stereocenters. The van der Waals surface area contributed by atoms with Crippen LogP contribution >= 0.6 is 0 Å². The van der Waals surface area contributed by atoms with Gasteiger partial charge < -0.3 is 15.8 Å². The maximum atomic E-state index is 11.1. The summed E-state index contributed by atoms with van der Waals surface area (Å²) >= 11 is 0. The summed E-state index contributed by atoms with van der Waals surface area (Å²) in [4.78, 5) is 24.4. The highest BCUT2D eigenvalue weighted by Gasteiger charge is 2.26. The summed E-state index contributed by atoms with van der Waals surface area (Å²) in [5, 5.41) is 2.53. The fraction of sp³-hybridized carbons (Fsp3) is 0.875. The Labute approximate surface area is 132 Å². The molecule has 1 saturated heterocycles. The van der Waals surface area contributed by atoms with Gasteiger partial charge in [0.2, 0.25) is 0 Å². The summed E-state index contributed by atoms with van der Waals surface area (Å²) in [6.45, 7) is 3.13. The summed E-state index contributed by atoms with van der Waals surface area (Å²) in [6.07, 6.45) is 10.2. The number of carbonyl (C=O) groups is 2. The lowest BCUT2D eigenvalue weighted by Crippen LogP contribution is -2.48. The molecule has 1 saturated carbocycles. The lowest BCUT2D eigenvalue weighted by molar-refractivity contribution is -0.137. The Morgan fingerprint density at radius 1 is 1.14 bits per heavy atom. The number of carbonyl (C=O) groups excluding carboxylic acids is 2. The number of nitrogens with one attached hydrogen (secondary N) is 1. The van der Waals surface area contributed by atoms with Crippen molar-refractivity contribution >= 4 is 11.8 Å². The Morgan fingerprint density at radius 2 is 1.82 bits per heavy atom. The number of hydrogen-bond donors (Lipinski definition) is 2. The van der Waals surface area contributed by atoms with Gasteiger partial charge in [0.25, 0.3) is 0 Å². The SMILES string of the molecule is NC(=O)C(=O)NCCC1CN(C2CCCCCCC2)CCO1. The molecular formula is C16H29N3O3. The quantitative estimate of drug-likeness (QED) is 0.752. The van der Waals surface area contributed by atoms with E-state index in [9.17, 15) is 9.59 Å². The van der Waals surface area contributed by atoms with Gasteiger partial charge >= 0.3 is 11.8 Å². The second kappa shape index (κ2) is 9.10. The minimum absolute atomic E-state index is 0.132. The van der Waals surface area contributed by atoms with E-state index in [1.54, 1.807) is 0 Å². The average Bonchev–Trinajstić information content (AvgIpc) is 2.47. The molecule has 2 amide bonds. The number of hydrogen-bond acceptors (Lipinski definition) is 4. The van der Waals surface area contributed by atoms with E-state index in [-0.39, 0.29) is 6.10 Å². The van der Waals surface area contributed by atoms with E-state index >= 15 is 0 Å². The van der Waals surface area contributed by atoms with Crippen LogP contribution in [0.15, 0.2) is 0 Å². The molecule has 1 unspecified atom stereocenters. The van der Waals surface area contributed by atoms with Crippen molar-refractivity contribution in [1.29, 1.82) is 0 Å². The van der Waals surface area contributed by atoms with Gasteiger partial charge in [-0.05, 0) is 19.3 Å². The molecule has 126 valence electrons. The lowest BCUT2D eigenvalue weighted by Gasteiger charge is -2.39. The van der Waals surface area contributed by atoms with Crippen LogP contribution < -0.4 is 11.1 Å². The maximum Gasteiger partial charge on any atom is 0.309 e. The minimum atomic E-state index is -0.930. The molecule has 6 heteroatoms. The summed E-state index contributed by atoms with van der Waals surface area (Å²) in [6, 6.07) is 0.687. The fourth-order valence-electron chi connectivity index (χ4n) is 3.48. The standard InChI is InChI=1S/C16H29N3O3/c17-15(20)16(21)18-9-8-14-12-19(10-11-22-14)13-6-4-2-1-3-5-7-13/h13-14H,1-12H2,(H2,17,20)(H,18,21). The topological polar surface area (TPSA) is 84.7 Å². The van der Waals surface area contributed by atoms with Gasteiger partial charge in [0.1, 0.15) is 0 Å². The zero-order chi connectivity index (χ0) is 15.8. The molecule has 2 aliphatic rings. The minimum Gasteiger partial charge on any atom is -0.375 e. The number of rotatable bonds is 4. The van der Waals surface area contributed by atoms with E-state index in [0.717, 1.165) is 26.1 Å². The molecular weight excluding hydrogens is 282 g/mol. The lowest BCUT2D eigenvalue weighted by atomic mass is 9.95. The molecule has 0 radical (unpaired) electrons. The molecule has 0 spiro atoms. The number of amides is 2. The summed E-state index contributed by atoms with van der Waals surface area (Å²) in [5.74, 6) is -1.65. The van der Waals surface area contributed by atoms with Crippen LogP contribution in [0.1, 0.15) is 51.4 Å². The normalized spacial score (nSPS) is 25.2. The highest BCUT2D eigenvalue weighted by atomic mass is 16.5. The van der Waals surface area contributed by atoms with Crippen molar-refractivity contribution in [3.05, 3.63) is 0 Å². The van der Waals surface area contributed by atoms with E-state index in [0.29, 0.717) is 12.6 Å². The highest BCUT2D eigenvalue weighted by Crippen LogP contribution is 2.23. The first-order valence-corrected chi connectivity index (χ1v) is 8.60. The highest BCUT2D eigenvalue weighted by molar-refractivity contribution is 6.34. The number of nitrogens with zero attached hydrogens (tertiary/aromatic N) is 1. The molecule has 0 bridgehead atoms. The van der Waals surface area contributed by atoms with Crippen LogP contribution in [0.5, 0.6) is 0 Å². The van der Waals surface area contributed by atoms with Crippen molar-refractivity contribution in [2.75, 3.05) is 26.2 Å². The molecule has 1 heterocycles. The van der Waals surface area contributed by atoms with Crippen molar-refractivity contribution in [1.82, 2.24) is 10.2 Å². The van der Waals surface area contributed by atoms with Crippen LogP contribution in [0, 0.1) is 0 Å². The van der Waals surface area contributed by atoms with E-state index in [4.69, 9.17) is 10.5 Å². The Hall–Kier alpha value is -1.14. The maximum absolute atomic E-state index is 11.1. The molecule has 2 fully saturated rings. The number of morpholine rings is 1. The van der Waals surface area contributed by atoms with Crippen LogP contribution in [-0.4, -0.2) is 55.1 Å². The molecule has 1 aliphatic heterocycles. The monoisotopic (exact) mass is 311 g/mol. The number of primary amides is 1. The van der Waals surface area contributed by atoms with E-state index < -0.39 is 11.8 Å². The Balaban J connectivity index is 1.73. The van der Waals surface area contributed by atoms with Crippen molar-refractivity contribution in [3.63, 3.8) is 0 Å². The van der Waals surface area contributed by atoms with Gasteiger partial charge in [-0.1, -0.05) is 32.1 Å². The summed E-state index contributed by atoms with van der Waals surface area (Å²) in [5.41, 5.74) is 4.91. The van der Waals surface area contributed by atoms with Gasteiger partial charge in [-0.15, -0.1) is 0 Å². The van der Waals surface area contributed by atoms with E-state index in [2.05, 4.69) is 10.2 Å². The predicted octanol–water partition coefficient (Wildman–Crippen LogP) is 0.792. The summed E-state index contributed by atoms with van der Waals surface area (Å²) < 4.78 is 5.79. The third-order valence-corrected chi connectivity index (χ3v) is 4.74. The number of ether oxygens (including phenoxy) is 1. The molecule has 2 rings (SSSR count). The van der Waals surface area contributed by atoms with Gasteiger partial charge in [0.15, 0.2) is 0 Å². The molecule has 22 heavy (non-hydrogen) atoms. The van der Waals surface area contributed by atoms with Gasteiger partial charge in [0.05, 0.1) is 12.7 Å². The fourth-order valence-corrected chi connectivity index (χ4v) is 3.48. The molecule has 0 aromatic rings. The molecule has 3 N–H and O–H groups in total. The van der Waals surface area contributed by atoms with Gasteiger partial charge in [-0.2, -0.15) is 0 Å². The van der Waals surface area contributed by atoms with Crippen LogP contribution in [0.3, 0.4) is 0 Å². The third-order valence-electron chi connectivity index (χ3n) is 4.74. The second-order valence-corrected chi connectivity index (χ2v) is 6.40. The van der Waals surface area contributed by atoms with Crippen molar-refractivity contribution < 1.29 is 14.3 Å². The van der Waals surface area contributed by atoms with Gasteiger partial charge in [0, 0.05) is 25.7 Å². The zero-order valence-electron chi connectivity index (χ0n) is 13.4. The summed E-state index contributed by atoms with van der Waals surface area (Å²) in [7, 11) is 0. The van der Waals surface area contributed by atoms with Gasteiger partial charge in [-0.3, -0.25) is 14.5 Å². The Morgan fingerprint density at radius 3 is 2.50 bits per heavy atom. The first kappa shape index (κ1) is 17.2. The van der Waals surface area contributed by atoms with Crippen molar-refractivity contribution in [3.8, 4) is 0 Å². The van der Waals surface area contributed by atoms with Gasteiger partial charge in [-0.25, -0.2) is 0 Å². The molecule has 0 aromatic heterocycles. The van der Waals surface area contributed by atoms with Crippen LogP contribution in [0.2, 0.25) is 0 Å². The predicted molar refractivity (Wildman–Crippen MR) is 84.2 cm³/mol. The number of nitrogens with two attached hydrogens (primary N) is 1. The molecule has 1 aliphatic carbocycles. The third kappa shape index (κ3) is 5.57. The van der Waals surface area contributed by atoms with E-state index in [1.807, 2.05) is 0 Å². The van der Waals surface area contributed by atoms with Crippen molar-refractivity contribution in [2.24, 2.45) is 5.73 Å². The largest absolute Gasteiger partial charge is 0.375 e. The second-order valence-electron chi connectivity index (χ2n) is 6.40. The van der Waals surface area contributed by atoms with Crippen LogP contribution in [-0.2, 0) is 14.3 Å². The van der Waals surface area contributed by atoms with Crippen LogP contribution in [0.4, 0.5) is 0 Å². The Kier molecular flexibility index (Phi) is 7.12. The Bertz CT molecular complexity index is 368. The first-order chi connectivity index (χ1) is 10.7. The van der Waals surface area contributed by atoms with Crippen molar-refractivity contribution in [2.45, 2.75) is 63.5 Å². The van der Waals surface area contributed by atoms with Crippen LogP contribution in [0.25, 0.3) is 0 Å². The molecule has 6 nitrogen and oxygen atoms in total. The first-order valence-electron chi connectivity index (χ1n) is 8.60.